The minimum absolute atomic E-state index is 0.243. The molecule has 3 nitrogen and oxygen atoms in total. The van der Waals surface area contributed by atoms with Gasteiger partial charge in [0.2, 0.25) is 0 Å². The first-order valence-electron chi connectivity index (χ1n) is 8.05. The molecule has 0 aliphatic rings. The fourth-order valence-corrected chi connectivity index (χ4v) is 1.85. The SMILES string of the molecule is CCCCC/C=C\CC(O)/C=C\C=C/CCCCC(=O)O. The summed E-state index contributed by atoms with van der Waals surface area (Å²) in [7, 11) is 0. The second kappa shape index (κ2) is 15.0. The minimum atomic E-state index is -0.732. The van der Waals surface area contributed by atoms with Crippen molar-refractivity contribution in [1.82, 2.24) is 0 Å². The molecule has 0 spiro atoms. The summed E-state index contributed by atoms with van der Waals surface area (Å²) in [6.45, 7) is 2.19. The fraction of sp³-hybridized carbons (Fsp3) is 0.611. The van der Waals surface area contributed by atoms with Crippen LogP contribution in [0, 0.1) is 0 Å². The highest BCUT2D eigenvalue weighted by atomic mass is 16.4. The number of hydrogen-bond donors (Lipinski definition) is 2. The number of allylic oxidation sites excluding steroid dienone is 4. The molecule has 1 unspecified atom stereocenters. The van der Waals surface area contributed by atoms with Crippen molar-refractivity contribution in [1.29, 1.82) is 0 Å². The molecule has 0 rings (SSSR count). The number of aliphatic carboxylic acids is 1. The lowest BCUT2D eigenvalue weighted by atomic mass is 10.1. The van der Waals surface area contributed by atoms with Crippen molar-refractivity contribution < 1.29 is 15.0 Å². The quantitative estimate of drug-likeness (QED) is 0.296. The third-order valence-electron chi connectivity index (χ3n) is 3.11. The average molecular weight is 294 g/mol. The summed E-state index contributed by atoms with van der Waals surface area (Å²) in [5.41, 5.74) is 0. The second-order valence-corrected chi connectivity index (χ2v) is 5.22. The summed E-state index contributed by atoms with van der Waals surface area (Å²) in [6.07, 6.45) is 19.5. The maximum Gasteiger partial charge on any atom is 0.303 e. The number of hydrogen-bond acceptors (Lipinski definition) is 2. The predicted octanol–water partition coefficient (Wildman–Crippen LogP) is 4.63. The van der Waals surface area contributed by atoms with E-state index >= 15 is 0 Å². The standard InChI is InChI=1S/C18H30O3/c1-2-3-4-5-8-11-14-17(19)15-12-9-6-7-10-13-16-18(20)21/h6,8-9,11-12,15,17,19H,2-5,7,10,13-14,16H2,1H3,(H,20,21)/b9-6-,11-8-,15-12-. The molecule has 0 radical (unpaired) electrons. The third-order valence-corrected chi connectivity index (χ3v) is 3.11. The van der Waals surface area contributed by atoms with Gasteiger partial charge in [0.15, 0.2) is 0 Å². The fourth-order valence-electron chi connectivity index (χ4n) is 1.85. The van der Waals surface area contributed by atoms with Gasteiger partial charge in [-0.25, -0.2) is 0 Å². The van der Waals surface area contributed by atoms with Gasteiger partial charge in [-0.05, 0) is 38.5 Å². The molecule has 3 heteroatoms. The Balaban J connectivity index is 3.56. The predicted molar refractivity (Wildman–Crippen MR) is 88.3 cm³/mol. The van der Waals surface area contributed by atoms with Crippen LogP contribution in [0.2, 0.25) is 0 Å². The van der Waals surface area contributed by atoms with Gasteiger partial charge in [-0.1, -0.05) is 56.2 Å². The van der Waals surface area contributed by atoms with Gasteiger partial charge in [-0.15, -0.1) is 0 Å². The van der Waals surface area contributed by atoms with Crippen LogP contribution in [0.3, 0.4) is 0 Å². The Morgan fingerprint density at radius 3 is 2.43 bits per heavy atom. The van der Waals surface area contributed by atoms with Crippen LogP contribution in [-0.2, 0) is 4.79 Å². The molecule has 0 amide bonds. The number of carboxylic acids is 1. The lowest BCUT2D eigenvalue weighted by molar-refractivity contribution is -0.137. The van der Waals surface area contributed by atoms with Crippen molar-refractivity contribution in [2.75, 3.05) is 0 Å². The lowest BCUT2D eigenvalue weighted by Gasteiger charge is -1.99. The number of unbranched alkanes of at least 4 members (excludes halogenated alkanes) is 5. The van der Waals surface area contributed by atoms with E-state index in [2.05, 4.69) is 13.0 Å². The maximum atomic E-state index is 10.3. The topological polar surface area (TPSA) is 57.5 Å². The van der Waals surface area contributed by atoms with Gasteiger partial charge < -0.3 is 10.2 Å². The summed E-state index contributed by atoms with van der Waals surface area (Å²) in [5.74, 6) is -0.732. The molecule has 1 atom stereocenters. The number of carbonyl (C=O) groups is 1. The van der Waals surface area contributed by atoms with Crippen molar-refractivity contribution in [3.63, 3.8) is 0 Å². The van der Waals surface area contributed by atoms with Gasteiger partial charge in [0.05, 0.1) is 6.10 Å². The monoisotopic (exact) mass is 294 g/mol. The lowest BCUT2D eigenvalue weighted by Crippen LogP contribution is -1.98. The molecule has 21 heavy (non-hydrogen) atoms. The molecular formula is C18H30O3. The van der Waals surface area contributed by atoms with Crippen molar-refractivity contribution in [3.8, 4) is 0 Å². The minimum Gasteiger partial charge on any atom is -0.481 e. The van der Waals surface area contributed by atoms with E-state index in [1.54, 1.807) is 6.08 Å². The normalized spacial score (nSPS) is 13.6. The Bertz CT molecular complexity index is 329. The molecule has 120 valence electrons. The number of aliphatic hydroxyl groups is 1. The first-order valence-corrected chi connectivity index (χ1v) is 8.05. The molecule has 0 aliphatic heterocycles. The Kier molecular flexibility index (Phi) is 14.1. The molecule has 2 N–H and O–H groups in total. The molecule has 0 fully saturated rings. The molecule has 0 saturated heterocycles. The van der Waals surface area contributed by atoms with Crippen LogP contribution in [0.1, 0.15) is 64.7 Å². The Hall–Kier alpha value is -1.35. The van der Waals surface area contributed by atoms with Crippen LogP contribution in [0.5, 0.6) is 0 Å². The highest BCUT2D eigenvalue weighted by Gasteiger charge is 1.94. The first-order chi connectivity index (χ1) is 10.2. The van der Waals surface area contributed by atoms with Gasteiger partial charge in [-0.2, -0.15) is 0 Å². The van der Waals surface area contributed by atoms with Crippen LogP contribution in [0.4, 0.5) is 0 Å². The molecule has 0 aromatic heterocycles. The van der Waals surface area contributed by atoms with Gasteiger partial charge in [0.25, 0.3) is 0 Å². The Morgan fingerprint density at radius 1 is 1.00 bits per heavy atom. The highest BCUT2D eigenvalue weighted by molar-refractivity contribution is 5.66. The number of carboxylic acid groups (broad SMARTS) is 1. The van der Waals surface area contributed by atoms with Gasteiger partial charge in [-0.3, -0.25) is 4.79 Å². The zero-order valence-electron chi connectivity index (χ0n) is 13.2. The summed E-state index contributed by atoms with van der Waals surface area (Å²) >= 11 is 0. The highest BCUT2D eigenvalue weighted by Crippen LogP contribution is 2.03. The molecular weight excluding hydrogens is 264 g/mol. The van der Waals surface area contributed by atoms with E-state index < -0.39 is 12.1 Å². The van der Waals surface area contributed by atoms with Crippen LogP contribution >= 0.6 is 0 Å². The van der Waals surface area contributed by atoms with Crippen molar-refractivity contribution in [2.24, 2.45) is 0 Å². The summed E-state index contributed by atoms with van der Waals surface area (Å²) < 4.78 is 0. The van der Waals surface area contributed by atoms with Gasteiger partial charge in [0, 0.05) is 6.42 Å². The van der Waals surface area contributed by atoms with Crippen LogP contribution in [0.15, 0.2) is 36.5 Å². The Morgan fingerprint density at radius 2 is 1.71 bits per heavy atom. The molecule has 0 aromatic carbocycles. The van der Waals surface area contributed by atoms with Crippen LogP contribution in [0.25, 0.3) is 0 Å². The van der Waals surface area contributed by atoms with E-state index in [9.17, 15) is 9.90 Å². The van der Waals surface area contributed by atoms with E-state index in [0.29, 0.717) is 6.42 Å². The molecule has 0 bridgehead atoms. The molecule has 0 heterocycles. The second-order valence-electron chi connectivity index (χ2n) is 5.22. The maximum absolute atomic E-state index is 10.3. The summed E-state index contributed by atoms with van der Waals surface area (Å²) in [4.78, 5) is 10.3. The average Bonchev–Trinajstić information content (AvgIpc) is 2.45. The zero-order valence-corrected chi connectivity index (χ0v) is 13.2. The number of aliphatic hydroxyl groups excluding tert-OH is 1. The first kappa shape index (κ1) is 19.7. The van der Waals surface area contributed by atoms with Crippen molar-refractivity contribution in [3.05, 3.63) is 36.5 Å². The zero-order chi connectivity index (χ0) is 15.8. The molecule has 0 aromatic rings. The van der Waals surface area contributed by atoms with Gasteiger partial charge >= 0.3 is 5.97 Å². The van der Waals surface area contributed by atoms with E-state index in [4.69, 9.17) is 5.11 Å². The van der Waals surface area contributed by atoms with Crippen LogP contribution < -0.4 is 0 Å². The van der Waals surface area contributed by atoms with E-state index in [-0.39, 0.29) is 6.42 Å². The van der Waals surface area contributed by atoms with Crippen LogP contribution in [-0.4, -0.2) is 22.3 Å². The summed E-state index contributed by atoms with van der Waals surface area (Å²) in [5, 5.41) is 18.2. The van der Waals surface area contributed by atoms with E-state index in [0.717, 1.165) is 25.7 Å². The number of rotatable bonds is 13. The largest absolute Gasteiger partial charge is 0.481 e. The van der Waals surface area contributed by atoms with Crippen molar-refractivity contribution >= 4 is 5.97 Å². The van der Waals surface area contributed by atoms with Crippen molar-refractivity contribution in [2.45, 2.75) is 70.8 Å². The molecule has 0 aliphatic carbocycles. The van der Waals surface area contributed by atoms with E-state index in [1.807, 2.05) is 24.3 Å². The van der Waals surface area contributed by atoms with Gasteiger partial charge in [0.1, 0.15) is 0 Å². The third kappa shape index (κ3) is 16.6. The summed E-state index contributed by atoms with van der Waals surface area (Å²) in [6, 6.07) is 0. The Labute approximate surface area is 129 Å². The van der Waals surface area contributed by atoms with E-state index in [1.165, 1.54) is 19.3 Å². The molecule has 0 saturated carbocycles. The smallest absolute Gasteiger partial charge is 0.303 e.